The molecule has 0 aliphatic rings. The minimum Gasteiger partial charge on any atom is -0.322 e. The van der Waals surface area contributed by atoms with Crippen molar-refractivity contribution in [3.05, 3.63) is 83.0 Å². The quantitative estimate of drug-likeness (QED) is 0.639. The molecule has 26 heavy (non-hydrogen) atoms. The fourth-order valence-electron chi connectivity index (χ4n) is 2.35. The first-order valence-corrected chi connectivity index (χ1v) is 7.92. The molecule has 3 nitrogen and oxygen atoms in total. The number of rotatable bonds is 3. The number of amides is 1. The summed E-state index contributed by atoms with van der Waals surface area (Å²) in [7, 11) is 0. The van der Waals surface area contributed by atoms with Crippen LogP contribution in [0.25, 0.3) is 11.3 Å². The third-order valence-corrected chi connectivity index (χ3v) is 3.93. The Bertz CT molecular complexity index is 940. The van der Waals surface area contributed by atoms with Crippen LogP contribution in [-0.2, 0) is 6.18 Å². The number of nitrogens with one attached hydrogen (secondary N) is 1. The van der Waals surface area contributed by atoms with Crippen molar-refractivity contribution < 1.29 is 18.0 Å². The van der Waals surface area contributed by atoms with Gasteiger partial charge in [0.1, 0.15) is 0 Å². The van der Waals surface area contributed by atoms with Crippen LogP contribution in [0.15, 0.2) is 66.9 Å². The second-order valence-electron chi connectivity index (χ2n) is 5.44. The molecular weight excluding hydrogens is 365 g/mol. The van der Waals surface area contributed by atoms with Crippen molar-refractivity contribution in [2.45, 2.75) is 6.18 Å². The zero-order valence-corrected chi connectivity index (χ0v) is 14.0. The van der Waals surface area contributed by atoms with Crippen molar-refractivity contribution in [1.29, 1.82) is 0 Å². The Kier molecular flexibility index (Phi) is 4.95. The summed E-state index contributed by atoms with van der Waals surface area (Å²) < 4.78 is 38.2. The number of hydrogen-bond donors (Lipinski definition) is 1. The van der Waals surface area contributed by atoms with Crippen molar-refractivity contribution in [1.82, 2.24) is 4.98 Å². The van der Waals surface area contributed by atoms with Gasteiger partial charge in [-0.2, -0.15) is 13.2 Å². The Hall–Kier alpha value is -2.86. The molecule has 0 bridgehead atoms. The van der Waals surface area contributed by atoms with E-state index in [1.54, 1.807) is 42.6 Å². The highest BCUT2D eigenvalue weighted by molar-refractivity contribution is 6.33. The molecule has 1 N–H and O–H groups in total. The molecule has 2 aromatic carbocycles. The topological polar surface area (TPSA) is 42.0 Å². The van der Waals surface area contributed by atoms with Crippen LogP contribution in [0.1, 0.15) is 15.9 Å². The van der Waals surface area contributed by atoms with E-state index in [1.165, 1.54) is 12.1 Å². The van der Waals surface area contributed by atoms with E-state index < -0.39 is 17.6 Å². The summed E-state index contributed by atoms with van der Waals surface area (Å²) >= 11 is 6.09. The Morgan fingerprint density at radius 1 is 1.00 bits per heavy atom. The molecule has 0 saturated carbocycles. The lowest BCUT2D eigenvalue weighted by molar-refractivity contribution is -0.137. The molecule has 1 amide bonds. The summed E-state index contributed by atoms with van der Waals surface area (Å²) in [5.41, 5.74) is 0.862. The fraction of sp³-hybridized carbons (Fsp3) is 0.0526. The van der Waals surface area contributed by atoms with Gasteiger partial charge >= 0.3 is 6.18 Å². The first-order chi connectivity index (χ1) is 12.3. The smallest absolute Gasteiger partial charge is 0.322 e. The summed E-state index contributed by atoms with van der Waals surface area (Å²) in [5.74, 6) is -0.511. The van der Waals surface area contributed by atoms with E-state index in [4.69, 9.17) is 11.6 Å². The molecule has 0 radical (unpaired) electrons. The minimum absolute atomic E-state index is 0.0710. The normalized spacial score (nSPS) is 11.2. The minimum atomic E-state index is -4.47. The van der Waals surface area contributed by atoms with E-state index in [9.17, 15) is 18.0 Å². The standard InChI is InChI=1S/C19H12ClF3N2O/c20-16-5-2-10-24-17(16)12-6-8-13(9-7-12)18(26)25-15-4-1-3-14(11-15)19(21,22)23/h1-11H,(H,25,26). The Balaban J connectivity index is 1.78. The number of carbonyl (C=O) groups excluding carboxylic acids is 1. The number of hydrogen-bond acceptors (Lipinski definition) is 2. The number of nitrogens with zero attached hydrogens (tertiary/aromatic N) is 1. The SMILES string of the molecule is O=C(Nc1cccc(C(F)(F)F)c1)c1ccc(-c2ncccc2Cl)cc1. The van der Waals surface area contributed by atoms with Crippen LogP contribution in [0.4, 0.5) is 18.9 Å². The van der Waals surface area contributed by atoms with Gasteiger partial charge in [0.15, 0.2) is 0 Å². The molecule has 132 valence electrons. The van der Waals surface area contributed by atoms with Gasteiger partial charge in [-0.3, -0.25) is 9.78 Å². The number of anilines is 1. The highest BCUT2D eigenvalue weighted by Gasteiger charge is 2.30. The second-order valence-corrected chi connectivity index (χ2v) is 5.85. The molecule has 0 atom stereocenters. The maximum absolute atomic E-state index is 12.7. The lowest BCUT2D eigenvalue weighted by Gasteiger charge is -2.10. The van der Waals surface area contributed by atoms with Gasteiger partial charge in [0.05, 0.1) is 16.3 Å². The molecule has 1 aromatic heterocycles. The summed E-state index contributed by atoms with van der Waals surface area (Å²) in [6.07, 6.45) is -2.86. The number of benzene rings is 2. The molecule has 0 fully saturated rings. The van der Waals surface area contributed by atoms with Crippen molar-refractivity contribution in [3.63, 3.8) is 0 Å². The molecule has 0 spiro atoms. The molecule has 3 aromatic rings. The molecular formula is C19H12ClF3N2O. The molecule has 0 aliphatic heterocycles. The summed E-state index contributed by atoms with van der Waals surface area (Å²) in [4.78, 5) is 16.4. The van der Waals surface area contributed by atoms with Gasteiger partial charge in [-0.1, -0.05) is 29.8 Å². The van der Waals surface area contributed by atoms with E-state index >= 15 is 0 Å². The fourth-order valence-corrected chi connectivity index (χ4v) is 2.58. The predicted octanol–water partition coefficient (Wildman–Crippen LogP) is 5.67. The van der Waals surface area contributed by atoms with E-state index in [-0.39, 0.29) is 5.69 Å². The Labute approximate surface area is 152 Å². The van der Waals surface area contributed by atoms with Crippen molar-refractivity contribution in [2.24, 2.45) is 0 Å². The van der Waals surface area contributed by atoms with E-state index in [0.717, 1.165) is 17.7 Å². The van der Waals surface area contributed by atoms with Crippen LogP contribution in [0.5, 0.6) is 0 Å². The lowest BCUT2D eigenvalue weighted by atomic mass is 10.1. The van der Waals surface area contributed by atoms with Crippen LogP contribution in [-0.4, -0.2) is 10.9 Å². The van der Waals surface area contributed by atoms with Crippen LogP contribution in [0.2, 0.25) is 5.02 Å². The Morgan fingerprint density at radius 2 is 1.73 bits per heavy atom. The van der Waals surface area contributed by atoms with Gasteiger partial charge in [-0.25, -0.2) is 0 Å². The summed E-state index contributed by atoms with van der Waals surface area (Å²) in [5, 5.41) is 2.94. The van der Waals surface area contributed by atoms with Crippen molar-refractivity contribution in [3.8, 4) is 11.3 Å². The van der Waals surface area contributed by atoms with Crippen molar-refractivity contribution >= 4 is 23.2 Å². The van der Waals surface area contributed by atoms with Gasteiger partial charge in [0.25, 0.3) is 5.91 Å². The highest BCUT2D eigenvalue weighted by Crippen LogP contribution is 2.31. The maximum atomic E-state index is 12.7. The van der Waals surface area contributed by atoms with Gasteiger partial charge in [-0.15, -0.1) is 0 Å². The van der Waals surface area contributed by atoms with Gasteiger partial charge in [-0.05, 0) is 42.5 Å². The highest BCUT2D eigenvalue weighted by atomic mass is 35.5. The van der Waals surface area contributed by atoms with E-state index in [0.29, 0.717) is 16.3 Å². The predicted molar refractivity (Wildman–Crippen MR) is 94.1 cm³/mol. The van der Waals surface area contributed by atoms with Crippen LogP contribution >= 0.6 is 11.6 Å². The number of halogens is 4. The number of alkyl halides is 3. The van der Waals surface area contributed by atoms with Crippen LogP contribution in [0.3, 0.4) is 0 Å². The average Bonchev–Trinajstić information content (AvgIpc) is 2.62. The summed E-state index contributed by atoms with van der Waals surface area (Å²) in [6.45, 7) is 0. The number of aromatic nitrogens is 1. The molecule has 0 saturated heterocycles. The van der Waals surface area contributed by atoms with Crippen LogP contribution < -0.4 is 5.32 Å². The number of carbonyl (C=O) groups is 1. The monoisotopic (exact) mass is 376 g/mol. The number of pyridine rings is 1. The molecule has 1 heterocycles. The first-order valence-electron chi connectivity index (χ1n) is 7.54. The first kappa shape index (κ1) is 17.9. The largest absolute Gasteiger partial charge is 0.416 e. The zero-order valence-electron chi connectivity index (χ0n) is 13.2. The molecule has 0 aliphatic carbocycles. The Morgan fingerprint density at radius 3 is 2.38 bits per heavy atom. The average molecular weight is 377 g/mol. The van der Waals surface area contributed by atoms with Gasteiger partial charge in [0.2, 0.25) is 0 Å². The molecule has 7 heteroatoms. The van der Waals surface area contributed by atoms with Crippen LogP contribution in [0, 0.1) is 0 Å². The third kappa shape index (κ3) is 4.03. The maximum Gasteiger partial charge on any atom is 0.416 e. The van der Waals surface area contributed by atoms with E-state index in [2.05, 4.69) is 10.3 Å². The third-order valence-electron chi connectivity index (χ3n) is 3.63. The van der Waals surface area contributed by atoms with Gasteiger partial charge < -0.3 is 5.32 Å². The van der Waals surface area contributed by atoms with Crippen molar-refractivity contribution in [2.75, 3.05) is 5.32 Å². The molecule has 3 rings (SSSR count). The van der Waals surface area contributed by atoms with Gasteiger partial charge in [0, 0.05) is 23.0 Å². The second kappa shape index (κ2) is 7.17. The molecule has 0 unspecified atom stereocenters. The lowest BCUT2D eigenvalue weighted by Crippen LogP contribution is -2.13. The van der Waals surface area contributed by atoms with E-state index in [1.807, 2.05) is 0 Å². The zero-order chi connectivity index (χ0) is 18.7. The summed E-state index contributed by atoms with van der Waals surface area (Å²) in [6, 6.07) is 14.4.